The standard InChI is InChI=1S/C14H17ClN2O2/c1-2-8-16-14(19)17-13-7-6-12(15)10-11(13)5-3-4-9-18/h6-7,10,18H,2,4,8-9H2,1H3,(H2,16,17,19). The summed E-state index contributed by atoms with van der Waals surface area (Å²) in [6, 6.07) is 4.81. The van der Waals surface area contributed by atoms with Crippen LogP contribution in [0.4, 0.5) is 10.5 Å². The SMILES string of the molecule is CCCNC(=O)Nc1ccc(Cl)cc1C#CCCO. The van der Waals surface area contributed by atoms with Crippen molar-refractivity contribution < 1.29 is 9.90 Å². The maximum atomic E-state index is 11.6. The summed E-state index contributed by atoms with van der Waals surface area (Å²) in [6.45, 7) is 2.60. The number of carbonyl (C=O) groups is 1. The van der Waals surface area contributed by atoms with Gasteiger partial charge >= 0.3 is 6.03 Å². The van der Waals surface area contributed by atoms with E-state index in [0.29, 0.717) is 29.2 Å². The lowest BCUT2D eigenvalue weighted by molar-refractivity contribution is 0.252. The minimum Gasteiger partial charge on any atom is -0.395 e. The molecule has 0 fully saturated rings. The Morgan fingerprint density at radius 3 is 2.95 bits per heavy atom. The van der Waals surface area contributed by atoms with E-state index < -0.39 is 0 Å². The van der Waals surface area contributed by atoms with E-state index in [-0.39, 0.29) is 12.6 Å². The maximum absolute atomic E-state index is 11.6. The first-order valence-corrected chi connectivity index (χ1v) is 6.49. The van der Waals surface area contributed by atoms with Gasteiger partial charge in [0.05, 0.1) is 12.3 Å². The quantitative estimate of drug-likeness (QED) is 0.743. The lowest BCUT2D eigenvalue weighted by Gasteiger charge is -2.09. The number of aliphatic hydroxyl groups excluding tert-OH is 1. The maximum Gasteiger partial charge on any atom is 0.319 e. The number of halogens is 1. The molecule has 2 amide bonds. The first-order chi connectivity index (χ1) is 9.17. The molecule has 0 saturated heterocycles. The number of benzene rings is 1. The molecule has 0 aliphatic rings. The van der Waals surface area contributed by atoms with Gasteiger partial charge in [0.1, 0.15) is 0 Å². The number of hydrogen-bond acceptors (Lipinski definition) is 2. The van der Waals surface area contributed by atoms with Crippen LogP contribution in [0.1, 0.15) is 25.3 Å². The molecule has 19 heavy (non-hydrogen) atoms. The topological polar surface area (TPSA) is 61.4 Å². The predicted molar refractivity (Wildman–Crippen MR) is 77.3 cm³/mol. The third kappa shape index (κ3) is 5.64. The molecule has 3 N–H and O–H groups in total. The van der Waals surface area contributed by atoms with E-state index >= 15 is 0 Å². The van der Waals surface area contributed by atoms with Crippen LogP contribution >= 0.6 is 11.6 Å². The lowest BCUT2D eigenvalue weighted by atomic mass is 10.2. The van der Waals surface area contributed by atoms with Crippen LogP contribution in [0.25, 0.3) is 0 Å². The van der Waals surface area contributed by atoms with Gasteiger partial charge in [0.15, 0.2) is 0 Å². The highest BCUT2D eigenvalue weighted by Gasteiger charge is 2.05. The smallest absolute Gasteiger partial charge is 0.319 e. The van der Waals surface area contributed by atoms with Crippen molar-refractivity contribution in [3.8, 4) is 11.8 Å². The van der Waals surface area contributed by atoms with E-state index in [0.717, 1.165) is 6.42 Å². The normalized spacial score (nSPS) is 9.42. The van der Waals surface area contributed by atoms with Gasteiger partial charge < -0.3 is 15.7 Å². The molecule has 0 aromatic heterocycles. The molecule has 0 atom stereocenters. The molecule has 0 bridgehead atoms. The van der Waals surface area contributed by atoms with Crippen LogP contribution < -0.4 is 10.6 Å². The Labute approximate surface area is 118 Å². The van der Waals surface area contributed by atoms with Crippen molar-refractivity contribution in [1.82, 2.24) is 5.32 Å². The lowest BCUT2D eigenvalue weighted by Crippen LogP contribution is -2.29. The van der Waals surface area contributed by atoms with Gasteiger partial charge in [0, 0.05) is 23.6 Å². The van der Waals surface area contributed by atoms with Gasteiger partial charge in [0.25, 0.3) is 0 Å². The van der Waals surface area contributed by atoms with Gasteiger partial charge in [-0.05, 0) is 24.6 Å². The van der Waals surface area contributed by atoms with Crippen LogP contribution in [0.2, 0.25) is 5.02 Å². The summed E-state index contributed by atoms with van der Waals surface area (Å²) in [5.41, 5.74) is 1.23. The largest absolute Gasteiger partial charge is 0.395 e. The first kappa shape index (κ1) is 15.4. The van der Waals surface area contributed by atoms with Crippen LogP contribution in [-0.2, 0) is 0 Å². The third-order valence-corrected chi connectivity index (χ3v) is 2.46. The Bertz CT molecular complexity index is 492. The number of aliphatic hydroxyl groups is 1. The Balaban J connectivity index is 2.82. The zero-order valence-corrected chi connectivity index (χ0v) is 11.5. The summed E-state index contributed by atoms with van der Waals surface area (Å²) >= 11 is 5.90. The van der Waals surface area contributed by atoms with E-state index in [9.17, 15) is 4.79 Å². The molecule has 0 aliphatic heterocycles. The third-order valence-electron chi connectivity index (χ3n) is 2.23. The molecule has 1 aromatic carbocycles. The molecule has 0 radical (unpaired) electrons. The van der Waals surface area contributed by atoms with Gasteiger partial charge in [-0.2, -0.15) is 0 Å². The van der Waals surface area contributed by atoms with Gasteiger partial charge in [0.2, 0.25) is 0 Å². The fraction of sp³-hybridized carbons (Fsp3) is 0.357. The Hall–Kier alpha value is -1.70. The summed E-state index contributed by atoms with van der Waals surface area (Å²) in [4.78, 5) is 11.6. The van der Waals surface area contributed by atoms with Crippen molar-refractivity contribution in [3.05, 3.63) is 28.8 Å². The monoisotopic (exact) mass is 280 g/mol. The fourth-order valence-corrected chi connectivity index (χ4v) is 1.52. The Kier molecular flexibility index (Phi) is 6.80. The zero-order chi connectivity index (χ0) is 14.1. The Morgan fingerprint density at radius 2 is 2.26 bits per heavy atom. The van der Waals surface area contributed by atoms with Crippen molar-refractivity contribution in [2.24, 2.45) is 0 Å². The highest BCUT2D eigenvalue weighted by molar-refractivity contribution is 6.30. The van der Waals surface area contributed by atoms with Crippen LogP contribution in [0.15, 0.2) is 18.2 Å². The molecular formula is C14H17ClN2O2. The number of amides is 2. The van der Waals surface area contributed by atoms with Crippen LogP contribution in [0, 0.1) is 11.8 Å². The number of nitrogens with one attached hydrogen (secondary N) is 2. The predicted octanol–water partition coefficient (Wildman–Crippen LogP) is 2.61. The second kappa shape index (κ2) is 8.41. The fourth-order valence-electron chi connectivity index (χ4n) is 1.35. The number of urea groups is 1. The summed E-state index contributed by atoms with van der Waals surface area (Å²) in [7, 11) is 0. The molecule has 0 saturated carbocycles. The summed E-state index contributed by atoms with van der Waals surface area (Å²) in [6.07, 6.45) is 1.26. The minimum atomic E-state index is -0.269. The van der Waals surface area contributed by atoms with Crippen molar-refractivity contribution in [2.75, 3.05) is 18.5 Å². The van der Waals surface area contributed by atoms with Crippen molar-refractivity contribution in [2.45, 2.75) is 19.8 Å². The zero-order valence-electron chi connectivity index (χ0n) is 10.8. The average molecular weight is 281 g/mol. The molecule has 1 aromatic rings. The summed E-state index contributed by atoms with van der Waals surface area (Å²) in [5.74, 6) is 5.68. The molecule has 0 unspecified atom stereocenters. The number of carbonyl (C=O) groups excluding carboxylic acids is 1. The second-order valence-electron chi connectivity index (χ2n) is 3.85. The molecule has 102 valence electrons. The number of rotatable bonds is 4. The highest BCUT2D eigenvalue weighted by Crippen LogP contribution is 2.19. The van der Waals surface area contributed by atoms with Crippen molar-refractivity contribution in [3.63, 3.8) is 0 Å². The van der Waals surface area contributed by atoms with E-state index in [1.807, 2.05) is 6.92 Å². The van der Waals surface area contributed by atoms with Gasteiger partial charge in [-0.15, -0.1) is 0 Å². The van der Waals surface area contributed by atoms with E-state index in [1.54, 1.807) is 18.2 Å². The van der Waals surface area contributed by atoms with Crippen LogP contribution in [0.5, 0.6) is 0 Å². The van der Waals surface area contributed by atoms with Gasteiger partial charge in [-0.1, -0.05) is 30.4 Å². The molecule has 1 rings (SSSR count). The van der Waals surface area contributed by atoms with Crippen molar-refractivity contribution >= 4 is 23.3 Å². The second-order valence-corrected chi connectivity index (χ2v) is 4.28. The minimum absolute atomic E-state index is 0.00726. The molecule has 5 heteroatoms. The molecule has 0 aliphatic carbocycles. The molecule has 0 spiro atoms. The van der Waals surface area contributed by atoms with Crippen LogP contribution in [0.3, 0.4) is 0 Å². The Morgan fingerprint density at radius 1 is 1.47 bits per heavy atom. The summed E-state index contributed by atoms with van der Waals surface area (Å²) in [5, 5.41) is 14.7. The number of hydrogen-bond donors (Lipinski definition) is 3. The van der Waals surface area contributed by atoms with Crippen LogP contribution in [-0.4, -0.2) is 24.3 Å². The van der Waals surface area contributed by atoms with Crippen molar-refractivity contribution in [1.29, 1.82) is 0 Å². The highest BCUT2D eigenvalue weighted by atomic mass is 35.5. The van der Waals surface area contributed by atoms with E-state index in [1.165, 1.54) is 0 Å². The molecular weight excluding hydrogens is 264 g/mol. The molecule has 4 nitrogen and oxygen atoms in total. The van der Waals surface area contributed by atoms with E-state index in [4.69, 9.17) is 16.7 Å². The van der Waals surface area contributed by atoms with E-state index in [2.05, 4.69) is 22.5 Å². The molecule has 0 heterocycles. The van der Waals surface area contributed by atoms with Gasteiger partial charge in [-0.25, -0.2) is 4.79 Å². The summed E-state index contributed by atoms with van der Waals surface area (Å²) < 4.78 is 0. The number of anilines is 1. The average Bonchev–Trinajstić information content (AvgIpc) is 2.39. The first-order valence-electron chi connectivity index (χ1n) is 6.11. The van der Waals surface area contributed by atoms with Gasteiger partial charge in [-0.3, -0.25) is 0 Å².